The van der Waals surface area contributed by atoms with Gasteiger partial charge < -0.3 is 5.11 Å². The largest absolute Gasteiger partial charge is 0.508 e. The Morgan fingerprint density at radius 2 is 1.29 bits per heavy atom. The van der Waals surface area contributed by atoms with Crippen LogP contribution in [0.15, 0.2) is 18.2 Å². The van der Waals surface area contributed by atoms with E-state index in [2.05, 4.69) is 40.7 Å². The second kappa shape index (κ2) is 4.36. The molecule has 5 radical (unpaired) electrons. The average molecular weight is 227 g/mol. The zero-order valence-corrected chi connectivity index (χ0v) is 11.2. The number of aromatic hydroxyl groups is 1. The van der Waals surface area contributed by atoms with Crippen LogP contribution < -0.4 is 0 Å². The highest BCUT2D eigenvalue weighted by Gasteiger charge is 2.45. The molecule has 0 spiro atoms. The molecular formula is C16H19O. The van der Waals surface area contributed by atoms with Gasteiger partial charge in [-0.05, 0) is 36.7 Å². The van der Waals surface area contributed by atoms with E-state index >= 15 is 0 Å². The van der Waals surface area contributed by atoms with Crippen molar-refractivity contribution in [1.82, 2.24) is 0 Å². The second-order valence-corrected chi connectivity index (χ2v) is 4.90. The highest BCUT2D eigenvalue weighted by Crippen LogP contribution is 2.56. The Hall–Kier alpha value is -0.980. The summed E-state index contributed by atoms with van der Waals surface area (Å²) in [5.74, 6) is 6.78. The molecule has 2 rings (SSSR count). The Morgan fingerprint density at radius 3 is 1.82 bits per heavy atom. The molecule has 0 atom stereocenters. The number of rotatable bonds is 1. The van der Waals surface area contributed by atoms with Gasteiger partial charge in [0.2, 0.25) is 0 Å². The van der Waals surface area contributed by atoms with Crippen molar-refractivity contribution >= 4 is 0 Å². The lowest BCUT2D eigenvalue weighted by Gasteiger charge is -2.21. The standard InChI is InChI=1S/C16H19O/c1-9-6-7-15(17)14(8-9)16-12(4)10(2)11(3)13(16)5/h6-8,17H,1-5H3. The van der Waals surface area contributed by atoms with Crippen LogP contribution in [0.1, 0.15) is 38.8 Å². The Balaban J connectivity index is 2.43. The molecule has 0 aromatic heterocycles. The first-order valence-corrected chi connectivity index (χ1v) is 5.96. The van der Waals surface area contributed by atoms with Gasteiger partial charge in [0.25, 0.3) is 0 Å². The molecule has 0 aliphatic heterocycles. The lowest BCUT2D eigenvalue weighted by Crippen LogP contribution is -2.09. The predicted octanol–water partition coefficient (Wildman–Crippen LogP) is 4.01. The summed E-state index contributed by atoms with van der Waals surface area (Å²) in [5.41, 5.74) is 2.13. The molecule has 1 N–H and O–H groups in total. The van der Waals surface area contributed by atoms with Gasteiger partial charge in [-0.15, -0.1) is 0 Å². The SMILES string of the molecule is C[C]1[C](C)[C](C)[C](c2cc(C)ccc2O)[C]1C. The van der Waals surface area contributed by atoms with Crippen molar-refractivity contribution in [2.45, 2.75) is 34.6 Å². The van der Waals surface area contributed by atoms with E-state index in [4.69, 9.17) is 0 Å². The van der Waals surface area contributed by atoms with Crippen molar-refractivity contribution in [1.29, 1.82) is 0 Å². The first kappa shape index (κ1) is 12.5. The second-order valence-electron chi connectivity index (χ2n) is 4.90. The van der Waals surface area contributed by atoms with E-state index in [1.807, 2.05) is 6.07 Å². The van der Waals surface area contributed by atoms with Crippen LogP contribution in [0.5, 0.6) is 5.75 Å². The minimum absolute atomic E-state index is 0.367. The van der Waals surface area contributed by atoms with Crippen LogP contribution in [0.25, 0.3) is 0 Å². The van der Waals surface area contributed by atoms with Crippen LogP contribution in [0.4, 0.5) is 0 Å². The molecule has 89 valence electrons. The highest BCUT2D eigenvalue weighted by atomic mass is 16.3. The molecule has 0 unspecified atom stereocenters. The van der Waals surface area contributed by atoms with Gasteiger partial charge in [-0.2, -0.15) is 0 Å². The highest BCUT2D eigenvalue weighted by molar-refractivity contribution is 5.68. The number of benzene rings is 1. The molecule has 1 aromatic rings. The number of hydrogen-bond donors (Lipinski definition) is 1. The summed E-state index contributed by atoms with van der Waals surface area (Å²) >= 11 is 0. The minimum Gasteiger partial charge on any atom is -0.508 e. The van der Waals surface area contributed by atoms with Crippen molar-refractivity contribution in [2.24, 2.45) is 0 Å². The maximum absolute atomic E-state index is 10.0. The molecular weight excluding hydrogens is 208 g/mol. The van der Waals surface area contributed by atoms with Crippen molar-refractivity contribution in [2.75, 3.05) is 0 Å². The summed E-state index contributed by atoms with van der Waals surface area (Å²) in [6, 6.07) is 5.77. The molecule has 1 heteroatoms. The fourth-order valence-electron chi connectivity index (χ4n) is 2.47. The molecule has 0 heterocycles. The zero-order valence-electron chi connectivity index (χ0n) is 11.2. The van der Waals surface area contributed by atoms with E-state index < -0.39 is 0 Å². The van der Waals surface area contributed by atoms with E-state index in [-0.39, 0.29) is 0 Å². The van der Waals surface area contributed by atoms with Gasteiger partial charge in [0.1, 0.15) is 5.75 Å². The first-order chi connectivity index (χ1) is 7.93. The van der Waals surface area contributed by atoms with Crippen LogP contribution in [0, 0.1) is 36.5 Å². The number of aryl methyl sites for hydroxylation is 1. The van der Waals surface area contributed by atoms with Gasteiger partial charge in [0.05, 0.1) is 0 Å². The molecule has 1 fully saturated rings. The van der Waals surface area contributed by atoms with Crippen LogP contribution >= 0.6 is 0 Å². The summed E-state index contributed by atoms with van der Waals surface area (Å²) in [6.45, 7) is 10.6. The summed E-state index contributed by atoms with van der Waals surface area (Å²) < 4.78 is 0. The number of hydrogen-bond acceptors (Lipinski definition) is 1. The van der Waals surface area contributed by atoms with Gasteiger partial charge in [-0.3, -0.25) is 0 Å². The summed E-state index contributed by atoms with van der Waals surface area (Å²) in [4.78, 5) is 0. The molecule has 1 saturated carbocycles. The lowest BCUT2D eigenvalue weighted by molar-refractivity contribution is 0.470. The van der Waals surface area contributed by atoms with Crippen molar-refractivity contribution < 1.29 is 5.11 Å². The van der Waals surface area contributed by atoms with Gasteiger partial charge in [0.15, 0.2) is 0 Å². The smallest absolute Gasteiger partial charge is 0.119 e. The Bertz CT molecular complexity index is 396. The number of phenolic OH excluding ortho intramolecular Hbond substituents is 1. The van der Waals surface area contributed by atoms with Gasteiger partial charge >= 0.3 is 0 Å². The average Bonchev–Trinajstić information content (AvgIpc) is 2.48. The van der Waals surface area contributed by atoms with E-state index in [1.165, 1.54) is 35.2 Å². The summed E-state index contributed by atoms with van der Waals surface area (Å²) in [6.07, 6.45) is 0. The molecule has 0 bridgehead atoms. The van der Waals surface area contributed by atoms with Crippen LogP contribution in [-0.4, -0.2) is 5.11 Å². The van der Waals surface area contributed by atoms with Crippen molar-refractivity contribution in [3.63, 3.8) is 0 Å². The fourth-order valence-corrected chi connectivity index (χ4v) is 2.47. The van der Waals surface area contributed by atoms with Crippen LogP contribution in [0.2, 0.25) is 0 Å². The molecule has 1 nitrogen and oxygen atoms in total. The first-order valence-electron chi connectivity index (χ1n) is 5.96. The third-order valence-corrected chi connectivity index (χ3v) is 3.86. The van der Waals surface area contributed by atoms with Crippen molar-refractivity contribution in [3.05, 3.63) is 58.9 Å². The van der Waals surface area contributed by atoms with Crippen LogP contribution in [0.3, 0.4) is 0 Å². The third-order valence-electron chi connectivity index (χ3n) is 3.86. The predicted molar refractivity (Wildman–Crippen MR) is 70.9 cm³/mol. The molecule has 0 amide bonds. The summed E-state index contributed by atoms with van der Waals surface area (Å²) in [7, 11) is 0. The minimum atomic E-state index is 0.367. The fraction of sp³-hybridized carbons (Fsp3) is 0.312. The maximum atomic E-state index is 10.0. The van der Waals surface area contributed by atoms with E-state index in [0.29, 0.717) is 5.75 Å². The van der Waals surface area contributed by atoms with Gasteiger partial charge in [-0.1, -0.05) is 45.4 Å². The van der Waals surface area contributed by atoms with Gasteiger partial charge in [0, 0.05) is 11.5 Å². The monoisotopic (exact) mass is 227 g/mol. The topological polar surface area (TPSA) is 20.2 Å². The third kappa shape index (κ3) is 1.96. The van der Waals surface area contributed by atoms with Gasteiger partial charge in [-0.25, -0.2) is 0 Å². The Labute approximate surface area is 105 Å². The summed E-state index contributed by atoms with van der Waals surface area (Å²) in [5, 5.41) is 10.0. The quantitative estimate of drug-likeness (QED) is 0.768. The number of phenols is 1. The normalized spacial score (nSPS) is 21.5. The van der Waals surface area contributed by atoms with Crippen molar-refractivity contribution in [3.8, 4) is 5.75 Å². The van der Waals surface area contributed by atoms with E-state index in [9.17, 15) is 5.11 Å². The molecule has 1 aliphatic rings. The molecule has 0 saturated heterocycles. The van der Waals surface area contributed by atoms with Crippen LogP contribution in [-0.2, 0) is 0 Å². The molecule has 1 aliphatic carbocycles. The molecule has 1 aromatic carbocycles. The van der Waals surface area contributed by atoms with E-state index in [0.717, 1.165) is 5.56 Å². The molecule has 17 heavy (non-hydrogen) atoms. The lowest BCUT2D eigenvalue weighted by atomic mass is 9.82. The Morgan fingerprint density at radius 1 is 0.765 bits per heavy atom. The van der Waals surface area contributed by atoms with E-state index in [1.54, 1.807) is 6.07 Å². The Kier molecular flexibility index (Phi) is 3.20. The zero-order chi connectivity index (χ0) is 12.7. The maximum Gasteiger partial charge on any atom is 0.119 e.